The standard InChI is InChI=1S/C9H12N4O3S2/c1-6-10-7-8(18(14,15)12-6)17-9(11-7)13-2-4-16-5-3-13/h2-5H2,1H3,(H,10,12). The monoisotopic (exact) mass is 288 g/mol. The van der Waals surface area contributed by atoms with Crippen LogP contribution in [0.3, 0.4) is 0 Å². The van der Waals surface area contributed by atoms with E-state index < -0.39 is 10.0 Å². The predicted octanol–water partition coefficient (Wildman–Crippen LogP) is 0.512. The molecule has 2 aliphatic heterocycles. The average Bonchev–Trinajstić information content (AvgIpc) is 2.74. The number of amidine groups is 1. The Labute approximate surface area is 109 Å². The molecule has 0 unspecified atom stereocenters. The van der Waals surface area contributed by atoms with Gasteiger partial charge in [0.15, 0.2) is 15.2 Å². The van der Waals surface area contributed by atoms with Gasteiger partial charge in [0.25, 0.3) is 10.0 Å². The molecule has 3 heterocycles. The molecule has 0 aromatic carbocycles. The van der Waals surface area contributed by atoms with Gasteiger partial charge in [0, 0.05) is 13.1 Å². The van der Waals surface area contributed by atoms with Crippen LogP contribution in [0.15, 0.2) is 8.61 Å². The molecule has 0 amide bonds. The Morgan fingerprint density at radius 3 is 2.83 bits per heavy atom. The molecule has 1 saturated heterocycles. The lowest BCUT2D eigenvalue weighted by Crippen LogP contribution is -2.36. The van der Waals surface area contributed by atoms with Crippen LogP contribution in [0, 0.1) is 0 Å². The van der Waals surface area contributed by atoms with Crippen molar-refractivity contribution in [3.8, 4) is 0 Å². The van der Waals surface area contributed by atoms with Crippen LogP contribution in [0.5, 0.6) is 0 Å². The van der Waals surface area contributed by atoms with Crippen molar-refractivity contribution in [3.63, 3.8) is 0 Å². The molecule has 0 bridgehead atoms. The maximum atomic E-state index is 11.9. The van der Waals surface area contributed by atoms with Gasteiger partial charge in [-0.25, -0.2) is 4.98 Å². The van der Waals surface area contributed by atoms with Crippen LogP contribution in [-0.2, 0) is 14.8 Å². The lowest BCUT2D eigenvalue weighted by molar-refractivity contribution is 0.122. The molecular formula is C9H12N4O3S2. The molecule has 0 saturated carbocycles. The summed E-state index contributed by atoms with van der Waals surface area (Å²) >= 11 is 1.15. The summed E-state index contributed by atoms with van der Waals surface area (Å²) in [5.74, 6) is 0.732. The summed E-state index contributed by atoms with van der Waals surface area (Å²) in [4.78, 5) is 6.37. The molecule has 1 N–H and O–H groups in total. The third-order valence-electron chi connectivity index (χ3n) is 2.66. The minimum absolute atomic E-state index is 0.189. The third kappa shape index (κ3) is 1.98. The van der Waals surface area contributed by atoms with Gasteiger partial charge < -0.3 is 15.0 Å². The normalized spacial score (nSPS) is 22.1. The Hall–Kier alpha value is -1.19. The van der Waals surface area contributed by atoms with E-state index in [1.54, 1.807) is 6.92 Å². The fourth-order valence-electron chi connectivity index (χ4n) is 1.85. The van der Waals surface area contributed by atoms with E-state index in [1.807, 2.05) is 4.90 Å². The largest absolute Gasteiger partial charge is 0.378 e. The van der Waals surface area contributed by atoms with Gasteiger partial charge in [0.1, 0.15) is 5.84 Å². The number of fused-ring (bicyclic) bond motifs is 1. The first-order chi connectivity index (χ1) is 8.56. The molecule has 18 heavy (non-hydrogen) atoms. The summed E-state index contributed by atoms with van der Waals surface area (Å²) in [6, 6.07) is 0. The first kappa shape index (κ1) is 11.9. The van der Waals surface area contributed by atoms with Crippen molar-refractivity contribution >= 4 is 38.1 Å². The Morgan fingerprint density at radius 1 is 1.39 bits per heavy atom. The number of ether oxygens (including phenoxy) is 1. The number of rotatable bonds is 1. The maximum absolute atomic E-state index is 11.9. The van der Waals surface area contributed by atoms with Crippen LogP contribution in [0.4, 0.5) is 10.9 Å². The maximum Gasteiger partial charge on any atom is 0.297 e. The average molecular weight is 288 g/mol. The zero-order valence-corrected chi connectivity index (χ0v) is 11.3. The number of morpholine rings is 1. The van der Waals surface area contributed by atoms with Crippen LogP contribution in [0.2, 0.25) is 0 Å². The summed E-state index contributed by atoms with van der Waals surface area (Å²) in [7, 11) is -3.59. The van der Waals surface area contributed by atoms with Crippen molar-refractivity contribution in [2.24, 2.45) is 4.40 Å². The SMILES string of the molecule is CC1=NS(=O)(=O)c2sc(N3CCOCC3)nc2N1. The number of sulfonamides is 1. The van der Waals surface area contributed by atoms with Gasteiger partial charge in [-0.3, -0.25) is 0 Å². The Kier molecular flexibility index (Phi) is 2.76. The quantitative estimate of drug-likeness (QED) is 0.810. The van der Waals surface area contributed by atoms with Crippen LogP contribution >= 0.6 is 11.3 Å². The second-order valence-electron chi connectivity index (χ2n) is 4.01. The van der Waals surface area contributed by atoms with Crippen molar-refractivity contribution in [2.45, 2.75) is 11.1 Å². The zero-order chi connectivity index (χ0) is 12.8. The van der Waals surface area contributed by atoms with E-state index in [9.17, 15) is 8.42 Å². The van der Waals surface area contributed by atoms with Gasteiger partial charge >= 0.3 is 0 Å². The molecule has 7 nitrogen and oxygen atoms in total. The molecule has 0 aliphatic carbocycles. The van der Waals surface area contributed by atoms with E-state index in [-0.39, 0.29) is 4.21 Å². The summed E-state index contributed by atoms with van der Waals surface area (Å²) in [5.41, 5.74) is 0. The van der Waals surface area contributed by atoms with Crippen molar-refractivity contribution in [1.82, 2.24) is 4.98 Å². The molecule has 1 aromatic heterocycles. The third-order valence-corrected chi connectivity index (χ3v) is 5.63. The van der Waals surface area contributed by atoms with Crippen LogP contribution in [0.25, 0.3) is 0 Å². The highest BCUT2D eigenvalue weighted by Gasteiger charge is 2.29. The molecule has 3 rings (SSSR count). The molecule has 0 atom stereocenters. The summed E-state index contributed by atoms with van der Waals surface area (Å²) < 4.78 is 32.8. The van der Waals surface area contributed by atoms with Gasteiger partial charge in [-0.1, -0.05) is 11.3 Å². The van der Waals surface area contributed by atoms with E-state index in [4.69, 9.17) is 4.74 Å². The molecule has 0 spiro atoms. The van der Waals surface area contributed by atoms with Crippen molar-refractivity contribution in [2.75, 3.05) is 36.5 Å². The Morgan fingerprint density at radius 2 is 2.11 bits per heavy atom. The Bertz CT molecular complexity index is 601. The smallest absolute Gasteiger partial charge is 0.297 e. The van der Waals surface area contributed by atoms with E-state index >= 15 is 0 Å². The lowest BCUT2D eigenvalue weighted by atomic mass is 10.5. The highest BCUT2D eigenvalue weighted by atomic mass is 32.2. The fourth-order valence-corrected chi connectivity index (χ4v) is 4.25. The number of nitrogens with one attached hydrogen (secondary N) is 1. The van der Waals surface area contributed by atoms with E-state index in [0.717, 1.165) is 24.4 Å². The minimum Gasteiger partial charge on any atom is -0.378 e. The number of thiazole rings is 1. The first-order valence-corrected chi connectivity index (χ1v) is 7.74. The number of hydrogen-bond donors (Lipinski definition) is 1. The minimum atomic E-state index is -3.59. The highest BCUT2D eigenvalue weighted by Crippen LogP contribution is 2.37. The molecular weight excluding hydrogens is 276 g/mol. The number of nitrogens with zero attached hydrogens (tertiary/aromatic N) is 3. The molecule has 0 radical (unpaired) electrons. The van der Waals surface area contributed by atoms with Crippen molar-refractivity contribution in [3.05, 3.63) is 0 Å². The van der Waals surface area contributed by atoms with Crippen molar-refractivity contribution < 1.29 is 13.2 Å². The summed E-state index contributed by atoms with van der Waals surface area (Å²) in [6.07, 6.45) is 0. The van der Waals surface area contributed by atoms with E-state index in [2.05, 4.69) is 14.7 Å². The van der Waals surface area contributed by atoms with E-state index in [1.165, 1.54) is 0 Å². The zero-order valence-electron chi connectivity index (χ0n) is 9.71. The van der Waals surface area contributed by atoms with Crippen LogP contribution in [0.1, 0.15) is 6.92 Å². The lowest BCUT2D eigenvalue weighted by Gasteiger charge is -2.25. The second-order valence-corrected chi connectivity index (χ2v) is 6.79. The van der Waals surface area contributed by atoms with E-state index in [0.29, 0.717) is 30.0 Å². The van der Waals surface area contributed by atoms with Crippen LogP contribution in [-0.4, -0.2) is 45.5 Å². The van der Waals surface area contributed by atoms with Gasteiger partial charge in [-0.2, -0.15) is 8.42 Å². The second kappa shape index (κ2) is 4.18. The van der Waals surface area contributed by atoms with Gasteiger partial charge in [-0.15, -0.1) is 4.40 Å². The number of anilines is 2. The van der Waals surface area contributed by atoms with Gasteiger partial charge in [0.2, 0.25) is 0 Å². The fraction of sp³-hybridized carbons (Fsp3) is 0.556. The van der Waals surface area contributed by atoms with Gasteiger partial charge in [0.05, 0.1) is 13.2 Å². The Balaban J connectivity index is 1.98. The van der Waals surface area contributed by atoms with Crippen LogP contribution < -0.4 is 10.2 Å². The molecule has 1 aromatic rings. The summed E-state index contributed by atoms with van der Waals surface area (Å²) in [6.45, 7) is 4.34. The first-order valence-electron chi connectivity index (χ1n) is 5.48. The highest BCUT2D eigenvalue weighted by molar-refractivity contribution is 7.92. The summed E-state index contributed by atoms with van der Waals surface area (Å²) in [5, 5.41) is 3.59. The molecule has 2 aliphatic rings. The van der Waals surface area contributed by atoms with Crippen molar-refractivity contribution in [1.29, 1.82) is 0 Å². The van der Waals surface area contributed by atoms with Gasteiger partial charge in [-0.05, 0) is 6.92 Å². The number of hydrogen-bond acceptors (Lipinski definition) is 7. The predicted molar refractivity (Wildman–Crippen MR) is 69.1 cm³/mol. The topological polar surface area (TPSA) is 83.9 Å². The molecule has 98 valence electrons. The number of aromatic nitrogens is 1. The molecule has 1 fully saturated rings. The molecule has 9 heteroatoms.